The average molecular weight is 341 g/mol. The van der Waals surface area contributed by atoms with Crippen molar-refractivity contribution < 1.29 is 4.79 Å². The van der Waals surface area contributed by atoms with Gasteiger partial charge in [0.2, 0.25) is 0 Å². The highest BCUT2D eigenvalue weighted by atomic mass is 16.1. The van der Waals surface area contributed by atoms with Crippen molar-refractivity contribution >= 4 is 5.91 Å². The van der Waals surface area contributed by atoms with E-state index in [4.69, 9.17) is 0 Å². The molecule has 1 amide bonds. The molecule has 0 unspecified atom stereocenters. The molecule has 0 saturated carbocycles. The maximum absolute atomic E-state index is 12.4. The number of nitrogens with one attached hydrogen (secondary N) is 3. The summed E-state index contributed by atoms with van der Waals surface area (Å²) in [6.07, 6.45) is 0.892. The van der Waals surface area contributed by atoms with Crippen LogP contribution in [0.4, 0.5) is 0 Å². The molecule has 2 heterocycles. The Hall–Kier alpha value is -2.18. The maximum atomic E-state index is 12.4. The van der Waals surface area contributed by atoms with Crippen LogP contribution in [0, 0.1) is 0 Å². The Kier molecular flexibility index (Phi) is 5.83. The zero-order chi connectivity index (χ0) is 17.6. The van der Waals surface area contributed by atoms with Crippen molar-refractivity contribution in [1.82, 2.24) is 25.7 Å². The molecule has 1 aromatic heterocycles. The Balaban J connectivity index is 1.56. The first kappa shape index (κ1) is 17.6. The molecule has 0 radical (unpaired) electrons. The molecule has 0 atom stereocenters. The molecule has 0 spiro atoms. The van der Waals surface area contributed by atoms with Gasteiger partial charge >= 0.3 is 0 Å². The van der Waals surface area contributed by atoms with Gasteiger partial charge in [-0.2, -0.15) is 5.10 Å². The molecule has 1 aromatic carbocycles. The van der Waals surface area contributed by atoms with Crippen LogP contribution in [-0.4, -0.2) is 40.6 Å². The van der Waals surface area contributed by atoms with Crippen LogP contribution < -0.4 is 10.6 Å². The van der Waals surface area contributed by atoms with Gasteiger partial charge in [-0.3, -0.25) is 14.8 Å². The molecule has 1 aliphatic heterocycles. The van der Waals surface area contributed by atoms with Crippen LogP contribution in [-0.2, 0) is 26.1 Å². The van der Waals surface area contributed by atoms with Crippen LogP contribution in [0.25, 0.3) is 0 Å². The molecular weight excluding hydrogens is 314 g/mol. The predicted molar refractivity (Wildman–Crippen MR) is 98.2 cm³/mol. The van der Waals surface area contributed by atoms with Crippen LogP contribution in [0.1, 0.15) is 46.7 Å². The van der Waals surface area contributed by atoms with E-state index in [1.807, 2.05) is 0 Å². The quantitative estimate of drug-likeness (QED) is 0.718. The number of carbonyl (C=O) groups is 1. The van der Waals surface area contributed by atoms with Crippen molar-refractivity contribution in [2.75, 3.05) is 19.6 Å². The molecule has 6 nitrogen and oxygen atoms in total. The van der Waals surface area contributed by atoms with Crippen molar-refractivity contribution in [2.45, 2.75) is 39.9 Å². The molecule has 1 aliphatic rings. The molecule has 2 aromatic rings. The van der Waals surface area contributed by atoms with Gasteiger partial charge in [-0.15, -0.1) is 0 Å². The van der Waals surface area contributed by atoms with E-state index in [0.717, 1.165) is 49.4 Å². The van der Waals surface area contributed by atoms with Gasteiger partial charge in [0.25, 0.3) is 5.91 Å². The van der Waals surface area contributed by atoms with Gasteiger partial charge in [0, 0.05) is 43.9 Å². The molecular formula is C19H27N5O. The summed E-state index contributed by atoms with van der Waals surface area (Å²) in [7, 11) is 0. The Morgan fingerprint density at radius 2 is 1.92 bits per heavy atom. The highest BCUT2D eigenvalue weighted by Gasteiger charge is 2.21. The summed E-state index contributed by atoms with van der Waals surface area (Å²) >= 11 is 0. The predicted octanol–water partition coefficient (Wildman–Crippen LogP) is 1.83. The van der Waals surface area contributed by atoms with Gasteiger partial charge in [-0.25, -0.2) is 0 Å². The second kappa shape index (κ2) is 8.27. The number of aromatic amines is 1. The number of H-pyrrole nitrogens is 1. The van der Waals surface area contributed by atoms with E-state index < -0.39 is 0 Å². The number of hydrogen-bond donors (Lipinski definition) is 3. The summed E-state index contributed by atoms with van der Waals surface area (Å²) in [5, 5.41) is 13.4. The molecule has 25 heavy (non-hydrogen) atoms. The number of nitrogens with zero attached hydrogens (tertiary/aromatic N) is 2. The van der Waals surface area contributed by atoms with E-state index in [2.05, 4.69) is 63.8 Å². The fourth-order valence-corrected chi connectivity index (χ4v) is 3.15. The van der Waals surface area contributed by atoms with Crippen LogP contribution in [0.15, 0.2) is 24.3 Å². The smallest absolute Gasteiger partial charge is 0.272 e. The average Bonchev–Trinajstić information content (AvgIpc) is 3.09. The summed E-state index contributed by atoms with van der Waals surface area (Å²) in [6, 6.07) is 8.45. The number of aromatic nitrogens is 2. The third-order valence-electron chi connectivity index (χ3n) is 4.80. The zero-order valence-electron chi connectivity index (χ0n) is 15.1. The van der Waals surface area contributed by atoms with E-state index in [9.17, 15) is 4.79 Å². The van der Waals surface area contributed by atoms with Crippen LogP contribution in [0.2, 0.25) is 0 Å². The van der Waals surface area contributed by atoms with Crippen molar-refractivity contribution in [1.29, 1.82) is 0 Å². The minimum atomic E-state index is -0.117. The fraction of sp³-hybridized carbons (Fsp3) is 0.474. The van der Waals surface area contributed by atoms with Gasteiger partial charge in [-0.05, 0) is 24.2 Å². The number of rotatable bonds is 7. The normalized spacial score (nSPS) is 13.7. The molecule has 3 rings (SSSR count). The molecule has 134 valence electrons. The highest BCUT2D eigenvalue weighted by Crippen LogP contribution is 2.15. The Labute approximate surface area is 149 Å². The number of fused-ring (bicyclic) bond motifs is 1. The Morgan fingerprint density at radius 3 is 2.64 bits per heavy atom. The summed E-state index contributed by atoms with van der Waals surface area (Å²) < 4.78 is 0. The standard InChI is InChI=1S/C19H27N5O/c1-3-24(4-2)13-15-7-5-14(6-8-15)11-21-19(25)18-16-12-20-10-9-17(16)22-23-18/h5-8,20H,3-4,9-13H2,1-2H3,(H,21,25)(H,22,23). The summed E-state index contributed by atoms with van der Waals surface area (Å²) in [6.45, 7) is 9.57. The summed E-state index contributed by atoms with van der Waals surface area (Å²) in [5.41, 5.74) is 4.98. The third kappa shape index (κ3) is 4.27. The van der Waals surface area contributed by atoms with Crippen LogP contribution in [0.5, 0.6) is 0 Å². The van der Waals surface area contributed by atoms with Gasteiger partial charge in [0.05, 0.1) is 0 Å². The molecule has 6 heteroatoms. The van der Waals surface area contributed by atoms with Crippen LogP contribution >= 0.6 is 0 Å². The second-order valence-corrected chi connectivity index (χ2v) is 6.42. The summed E-state index contributed by atoms with van der Waals surface area (Å²) in [4.78, 5) is 14.8. The van der Waals surface area contributed by atoms with E-state index in [-0.39, 0.29) is 5.91 Å². The monoisotopic (exact) mass is 341 g/mol. The van der Waals surface area contributed by atoms with Crippen molar-refractivity contribution in [3.8, 4) is 0 Å². The number of amides is 1. The van der Waals surface area contributed by atoms with Gasteiger partial charge in [-0.1, -0.05) is 38.1 Å². The molecule has 0 bridgehead atoms. The number of carbonyl (C=O) groups excluding carboxylic acids is 1. The first-order valence-electron chi connectivity index (χ1n) is 9.06. The fourth-order valence-electron chi connectivity index (χ4n) is 3.15. The molecule has 3 N–H and O–H groups in total. The van der Waals surface area contributed by atoms with E-state index in [0.29, 0.717) is 18.8 Å². The minimum Gasteiger partial charge on any atom is -0.347 e. The summed E-state index contributed by atoms with van der Waals surface area (Å²) in [5.74, 6) is -0.117. The van der Waals surface area contributed by atoms with E-state index >= 15 is 0 Å². The van der Waals surface area contributed by atoms with Crippen LogP contribution in [0.3, 0.4) is 0 Å². The largest absolute Gasteiger partial charge is 0.347 e. The third-order valence-corrected chi connectivity index (χ3v) is 4.80. The molecule has 0 saturated heterocycles. The molecule has 0 fully saturated rings. The first-order valence-corrected chi connectivity index (χ1v) is 9.06. The SMILES string of the molecule is CCN(CC)Cc1ccc(CNC(=O)c2n[nH]c3c2CNCC3)cc1. The van der Waals surface area contributed by atoms with Crippen molar-refractivity contribution in [3.05, 3.63) is 52.3 Å². The first-order chi connectivity index (χ1) is 12.2. The van der Waals surface area contributed by atoms with E-state index in [1.54, 1.807) is 0 Å². The highest BCUT2D eigenvalue weighted by molar-refractivity contribution is 5.94. The number of hydrogen-bond acceptors (Lipinski definition) is 4. The van der Waals surface area contributed by atoms with Crippen molar-refractivity contribution in [3.63, 3.8) is 0 Å². The zero-order valence-corrected chi connectivity index (χ0v) is 15.1. The maximum Gasteiger partial charge on any atom is 0.272 e. The topological polar surface area (TPSA) is 73.0 Å². The lowest BCUT2D eigenvalue weighted by molar-refractivity contribution is 0.0944. The second-order valence-electron chi connectivity index (χ2n) is 6.42. The lowest BCUT2D eigenvalue weighted by Crippen LogP contribution is -2.28. The minimum absolute atomic E-state index is 0.117. The van der Waals surface area contributed by atoms with Gasteiger partial charge in [0.1, 0.15) is 0 Å². The Bertz CT molecular complexity index is 703. The number of benzene rings is 1. The molecule has 0 aliphatic carbocycles. The van der Waals surface area contributed by atoms with Crippen molar-refractivity contribution in [2.24, 2.45) is 0 Å². The lowest BCUT2D eigenvalue weighted by Gasteiger charge is -2.18. The van der Waals surface area contributed by atoms with E-state index in [1.165, 1.54) is 5.56 Å². The van der Waals surface area contributed by atoms with Gasteiger partial charge in [0.15, 0.2) is 5.69 Å². The Morgan fingerprint density at radius 1 is 1.20 bits per heavy atom. The lowest BCUT2D eigenvalue weighted by atomic mass is 10.1. The van der Waals surface area contributed by atoms with Gasteiger partial charge < -0.3 is 10.6 Å².